The number of benzene rings is 2. The Labute approximate surface area is 170 Å². The molecule has 2 aliphatic rings. The molecule has 0 spiro atoms. The maximum Gasteiger partial charge on any atom is 0.263 e. The molecule has 4 rings (SSSR count). The van der Waals surface area contributed by atoms with Crippen LogP contribution in [0.4, 0.5) is 0 Å². The van der Waals surface area contributed by atoms with Crippen molar-refractivity contribution in [1.29, 1.82) is 0 Å². The molecule has 0 aliphatic carbocycles. The van der Waals surface area contributed by atoms with Gasteiger partial charge in [-0.15, -0.1) is 0 Å². The summed E-state index contributed by atoms with van der Waals surface area (Å²) in [6.45, 7) is 4.30. The first-order valence-corrected chi connectivity index (χ1v) is 11.1. The van der Waals surface area contributed by atoms with Gasteiger partial charge in [-0.05, 0) is 24.1 Å². The SMILES string of the molecule is CC(C)[C@H](N=C1NS(=O)(=O)c2ccccc21)C(=O)NC1CCOc2ccccc21. The monoisotopic (exact) mass is 413 g/mol. The van der Waals surface area contributed by atoms with Crippen LogP contribution in [0.25, 0.3) is 0 Å². The lowest BCUT2D eigenvalue weighted by Crippen LogP contribution is -2.41. The van der Waals surface area contributed by atoms with Crippen LogP contribution in [0.3, 0.4) is 0 Å². The van der Waals surface area contributed by atoms with E-state index in [1.165, 1.54) is 6.07 Å². The van der Waals surface area contributed by atoms with Crippen LogP contribution < -0.4 is 14.8 Å². The summed E-state index contributed by atoms with van der Waals surface area (Å²) in [4.78, 5) is 17.8. The van der Waals surface area contributed by atoms with Crippen LogP contribution in [-0.2, 0) is 14.8 Å². The van der Waals surface area contributed by atoms with E-state index in [1.807, 2.05) is 38.1 Å². The number of ether oxygens (including phenoxy) is 1. The number of carbonyl (C=O) groups excluding carboxylic acids is 1. The van der Waals surface area contributed by atoms with Gasteiger partial charge in [0.2, 0.25) is 5.91 Å². The molecule has 7 nitrogen and oxygen atoms in total. The van der Waals surface area contributed by atoms with Crippen molar-refractivity contribution in [3.63, 3.8) is 0 Å². The van der Waals surface area contributed by atoms with Gasteiger partial charge in [0.25, 0.3) is 10.0 Å². The number of amides is 1. The molecule has 0 aromatic heterocycles. The molecule has 2 aliphatic heterocycles. The second-order valence-corrected chi connectivity index (χ2v) is 9.16. The molecular weight excluding hydrogens is 390 g/mol. The summed E-state index contributed by atoms with van der Waals surface area (Å²) in [5, 5.41) is 3.07. The van der Waals surface area contributed by atoms with E-state index in [9.17, 15) is 13.2 Å². The topological polar surface area (TPSA) is 96.9 Å². The Bertz CT molecular complexity index is 1080. The van der Waals surface area contributed by atoms with Crippen molar-refractivity contribution < 1.29 is 17.9 Å². The van der Waals surface area contributed by atoms with Crippen molar-refractivity contribution in [1.82, 2.24) is 10.0 Å². The molecule has 0 radical (unpaired) electrons. The Morgan fingerprint density at radius 1 is 1.17 bits per heavy atom. The third kappa shape index (κ3) is 3.72. The normalized spacial score (nSPS) is 21.6. The molecule has 8 heteroatoms. The van der Waals surface area contributed by atoms with E-state index < -0.39 is 16.1 Å². The van der Waals surface area contributed by atoms with Crippen molar-refractivity contribution in [2.24, 2.45) is 10.9 Å². The Hall–Kier alpha value is -2.87. The summed E-state index contributed by atoms with van der Waals surface area (Å²) in [5.41, 5.74) is 1.43. The fourth-order valence-electron chi connectivity index (χ4n) is 3.63. The molecule has 2 heterocycles. The summed E-state index contributed by atoms with van der Waals surface area (Å²) in [5.74, 6) is 0.628. The second-order valence-electron chi connectivity index (χ2n) is 7.50. The zero-order chi connectivity index (χ0) is 20.6. The highest BCUT2D eigenvalue weighted by Gasteiger charge is 2.33. The van der Waals surface area contributed by atoms with E-state index in [0.29, 0.717) is 18.6 Å². The van der Waals surface area contributed by atoms with Gasteiger partial charge in [0.05, 0.1) is 17.5 Å². The third-order valence-electron chi connectivity index (χ3n) is 5.11. The minimum Gasteiger partial charge on any atom is -0.493 e. The summed E-state index contributed by atoms with van der Waals surface area (Å²) < 4.78 is 32.8. The molecule has 0 saturated heterocycles. The average molecular weight is 413 g/mol. The Morgan fingerprint density at radius 3 is 2.69 bits per heavy atom. The van der Waals surface area contributed by atoms with Crippen molar-refractivity contribution in [3.8, 4) is 5.75 Å². The van der Waals surface area contributed by atoms with E-state index >= 15 is 0 Å². The Kier molecular flexibility index (Phi) is 5.04. The van der Waals surface area contributed by atoms with Crippen molar-refractivity contribution in [2.45, 2.75) is 37.2 Å². The van der Waals surface area contributed by atoms with E-state index in [4.69, 9.17) is 4.74 Å². The molecule has 0 bridgehead atoms. The maximum absolute atomic E-state index is 13.1. The first-order chi connectivity index (χ1) is 13.9. The predicted molar refractivity (Wildman–Crippen MR) is 109 cm³/mol. The number of fused-ring (bicyclic) bond motifs is 2. The molecule has 0 saturated carbocycles. The van der Waals surface area contributed by atoms with Crippen LogP contribution in [0.2, 0.25) is 0 Å². The summed E-state index contributed by atoms with van der Waals surface area (Å²) in [7, 11) is -3.65. The number of nitrogens with zero attached hydrogens (tertiary/aromatic N) is 1. The number of carbonyl (C=O) groups is 1. The van der Waals surface area contributed by atoms with Crippen LogP contribution in [0, 0.1) is 5.92 Å². The Morgan fingerprint density at radius 2 is 1.90 bits per heavy atom. The highest BCUT2D eigenvalue weighted by Crippen LogP contribution is 2.32. The van der Waals surface area contributed by atoms with Gasteiger partial charge >= 0.3 is 0 Å². The second kappa shape index (κ2) is 7.51. The molecule has 2 N–H and O–H groups in total. The number of aliphatic imine (C=N–C) groups is 1. The average Bonchev–Trinajstić information content (AvgIpc) is 2.96. The van der Waals surface area contributed by atoms with Gasteiger partial charge in [-0.1, -0.05) is 44.2 Å². The minimum absolute atomic E-state index is 0.116. The molecule has 29 heavy (non-hydrogen) atoms. The molecule has 1 amide bonds. The highest BCUT2D eigenvalue weighted by molar-refractivity contribution is 7.90. The number of rotatable bonds is 4. The largest absolute Gasteiger partial charge is 0.493 e. The number of hydrogen-bond donors (Lipinski definition) is 2. The zero-order valence-corrected chi connectivity index (χ0v) is 17.1. The molecule has 2 aromatic carbocycles. The number of para-hydroxylation sites is 1. The standard InChI is InChI=1S/C21H23N3O4S/c1-13(2)19(23-20-15-8-4-6-10-18(15)29(26,27)24-20)21(25)22-16-11-12-28-17-9-5-3-7-14(16)17/h3-10,13,16,19H,11-12H2,1-2H3,(H,22,25)(H,23,24)/t16?,19-/m0/s1. The fraction of sp³-hybridized carbons (Fsp3) is 0.333. The van der Waals surface area contributed by atoms with Gasteiger partial charge in [0.15, 0.2) is 0 Å². The van der Waals surface area contributed by atoms with Crippen molar-refractivity contribution in [3.05, 3.63) is 59.7 Å². The molecule has 2 atom stereocenters. The van der Waals surface area contributed by atoms with E-state index in [1.54, 1.807) is 18.2 Å². The minimum atomic E-state index is -3.65. The van der Waals surface area contributed by atoms with Crippen LogP contribution >= 0.6 is 0 Å². The smallest absolute Gasteiger partial charge is 0.263 e. The molecule has 0 fully saturated rings. The number of hydrogen-bond acceptors (Lipinski definition) is 5. The number of amidine groups is 1. The summed E-state index contributed by atoms with van der Waals surface area (Å²) in [6, 6.07) is 13.4. The van der Waals surface area contributed by atoms with E-state index in [-0.39, 0.29) is 28.6 Å². The molecule has 1 unspecified atom stereocenters. The lowest BCUT2D eigenvalue weighted by molar-refractivity contribution is -0.124. The molecule has 152 valence electrons. The first kappa shape index (κ1) is 19.4. The number of nitrogens with one attached hydrogen (secondary N) is 2. The summed E-state index contributed by atoms with van der Waals surface area (Å²) >= 11 is 0. The van der Waals surface area contributed by atoms with Crippen molar-refractivity contribution >= 4 is 21.8 Å². The van der Waals surface area contributed by atoms with E-state index in [0.717, 1.165) is 11.3 Å². The lowest BCUT2D eigenvalue weighted by atomic mass is 9.98. The van der Waals surface area contributed by atoms with Crippen LogP contribution in [0.1, 0.15) is 37.4 Å². The van der Waals surface area contributed by atoms with Gasteiger partial charge in [0.1, 0.15) is 17.6 Å². The first-order valence-electron chi connectivity index (χ1n) is 9.59. The zero-order valence-electron chi connectivity index (χ0n) is 16.3. The van der Waals surface area contributed by atoms with Gasteiger partial charge in [-0.25, -0.2) is 8.42 Å². The predicted octanol–water partition coefficient (Wildman–Crippen LogP) is 2.39. The van der Waals surface area contributed by atoms with Gasteiger partial charge in [-0.2, -0.15) is 0 Å². The third-order valence-corrected chi connectivity index (χ3v) is 6.50. The van der Waals surface area contributed by atoms with Crippen LogP contribution in [-0.4, -0.2) is 32.8 Å². The molecule has 2 aromatic rings. The lowest BCUT2D eigenvalue weighted by Gasteiger charge is -2.28. The van der Waals surface area contributed by atoms with E-state index in [2.05, 4.69) is 15.0 Å². The quantitative estimate of drug-likeness (QED) is 0.804. The molecular formula is C21H23N3O4S. The fourth-order valence-corrected chi connectivity index (χ4v) is 4.87. The Balaban J connectivity index is 1.61. The number of sulfonamides is 1. The summed E-state index contributed by atoms with van der Waals surface area (Å²) in [6.07, 6.45) is 0.666. The van der Waals surface area contributed by atoms with Crippen LogP contribution in [0.15, 0.2) is 58.4 Å². The van der Waals surface area contributed by atoms with Crippen molar-refractivity contribution in [2.75, 3.05) is 6.61 Å². The highest BCUT2D eigenvalue weighted by atomic mass is 32.2. The van der Waals surface area contributed by atoms with Crippen LogP contribution in [0.5, 0.6) is 5.75 Å². The van der Waals surface area contributed by atoms with Gasteiger partial charge in [-0.3, -0.25) is 14.5 Å². The van der Waals surface area contributed by atoms with Gasteiger partial charge < -0.3 is 10.1 Å². The van der Waals surface area contributed by atoms with Gasteiger partial charge in [0, 0.05) is 17.5 Å². The maximum atomic E-state index is 13.1.